The summed E-state index contributed by atoms with van der Waals surface area (Å²) in [5.41, 5.74) is -0.161. The van der Waals surface area contributed by atoms with Gasteiger partial charge >= 0.3 is 0 Å². The van der Waals surface area contributed by atoms with Crippen LogP contribution in [0.25, 0.3) is 0 Å². The van der Waals surface area contributed by atoms with Crippen LogP contribution in [0.1, 0.15) is 5.56 Å². The van der Waals surface area contributed by atoms with Gasteiger partial charge in [0.05, 0.1) is 9.82 Å². The molecule has 122 valence electrons. The molecule has 0 saturated heterocycles. The summed E-state index contributed by atoms with van der Waals surface area (Å²) in [6.45, 7) is -0.259. The molecule has 6 nitrogen and oxygen atoms in total. The zero-order chi connectivity index (χ0) is 17.2. The molecule has 23 heavy (non-hydrogen) atoms. The summed E-state index contributed by atoms with van der Waals surface area (Å²) in [6, 6.07) is 8.53. The summed E-state index contributed by atoms with van der Waals surface area (Å²) < 4.78 is 39.6. The fraction of sp³-hybridized carbons (Fsp3) is 0.143. The highest BCUT2D eigenvalue weighted by Gasteiger charge is 2.23. The summed E-state index contributed by atoms with van der Waals surface area (Å²) in [7, 11) is -2.65. The van der Waals surface area contributed by atoms with E-state index >= 15 is 0 Å². The van der Waals surface area contributed by atoms with Crippen molar-refractivity contribution in [3.05, 3.63) is 69.0 Å². The third-order valence-electron chi connectivity index (χ3n) is 3.20. The zero-order valence-corrected chi connectivity index (χ0v) is 13.5. The van der Waals surface area contributed by atoms with Crippen LogP contribution in [-0.4, -0.2) is 24.7 Å². The second-order valence-electron chi connectivity index (χ2n) is 4.71. The predicted octanol–water partition coefficient (Wildman–Crippen LogP) is 3.21. The van der Waals surface area contributed by atoms with Gasteiger partial charge in [-0.3, -0.25) is 10.1 Å². The molecule has 0 aliphatic carbocycles. The average molecular weight is 359 g/mol. The molecule has 0 spiro atoms. The molecule has 2 rings (SSSR count). The minimum atomic E-state index is -3.93. The molecule has 0 heterocycles. The second kappa shape index (κ2) is 6.61. The minimum Gasteiger partial charge on any atom is -0.258 e. The van der Waals surface area contributed by atoms with Gasteiger partial charge in [0.1, 0.15) is 5.82 Å². The lowest BCUT2D eigenvalue weighted by molar-refractivity contribution is -0.384. The highest BCUT2D eigenvalue weighted by atomic mass is 35.5. The number of benzene rings is 2. The van der Waals surface area contributed by atoms with Crippen LogP contribution in [0.2, 0.25) is 5.02 Å². The van der Waals surface area contributed by atoms with Crippen molar-refractivity contribution in [2.45, 2.75) is 11.4 Å². The molecule has 2 aromatic carbocycles. The SMILES string of the molecule is CN(Cc1c(F)cccc1Cl)S(=O)(=O)c1ccc([N+](=O)[O-])cc1. The summed E-state index contributed by atoms with van der Waals surface area (Å²) in [5, 5.41) is 10.7. The van der Waals surface area contributed by atoms with E-state index in [4.69, 9.17) is 11.6 Å². The largest absolute Gasteiger partial charge is 0.269 e. The Balaban J connectivity index is 2.30. The molecular weight excluding hydrogens is 347 g/mol. The van der Waals surface area contributed by atoms with E-state index in [0.29, 0.717) is 0 Å². The summed E-state index contributed by atoms with van der Waals surface area (Å²) in [6.07, 6.45) is 0. The zero-order valence-electron chi connectivity index (χ0n) is 11.9. The maximum absolute atomic E-state index is 13.8. The van der Waals surface area contributed by atoms with E-state index in [0.717, 1.165) is 28.6 Å². The lowest BCUT2D eigenvalue weighted by atomic mass is 10.2. The van der Waals surface area contributed by atoms with Gasteiger partial charge in [0.15, 0.2) is 0 Å². The third-order valence-corrected chi connectivity index (χ3v) is 5.37. The summed E-state index contributed by atoms with van der Waals surface area (Å²) >= 11 is 5.89. The maximum Gasteiger partial charge on any atom is 0.269 e. The Morgan fingerprint density at radius 1 is 1.22 bits per heavy atom. The van der Waals surface area contributed by atoms with Crippen molar-refractivity contribution >= 4 is 27.3 Å². The minimum absolute atomic E-state index is 0.0575. The standard InChI is InChI=1S/C14H12ClFN2O4S/c1-17(9-12-13(15)3-2-4-14(12)16)23(21,22)11-7-5-10(6-8-11)18(19)20/h2-8H,9H2,1H3. The Morgan fingerprint density at radius 2 is 1.83 bits per heavy atom. The quantitative estimate of drug-likeness (QED) is 0.607. The van der Waals surface area contributed by atoms with E-state index < -0.39 is 20.8 Å². The molecule has 0 aromatic heterocycles. The van der Waals surface area contributed by atoms with Crippen LogP contribution in [0.4, 0.5) is 10.1 Å². The van der Waals surface area contributed by atoms with Crippen LogP contribution in [-0.2, 0) is 16.6 Å². The van der Waals surface area contributed by atoms with Gasteiger partial charge in [0, 0.05) is 36.3 Å². The molecule has 0 atom stereocenters. The molecule has 0 N–H and O–H groups in total. The number of hydrogen-bond acceptors (Lipinski definition) is 4. The molecule has 0 saturated carbocycles. The van der Waals surface area contributed by atoms with E-state index in [9.17, 15) is 22.9 Å². The average Bonchev–Trinajstić information content (AvgIpc) is 2.50. The van der Waals surface area contributed by atoms with Crippen LogP contribution in [0.5, 0.6) is 0 Å². The fourth-order valence-electron chi connectivity index (χ4n) is 1.91. The van der Waals surface area contributed by atoms with Gasteiger partial charge in [0.2, 0.25) is 10.0 Å². The van der Waals surface area contributed by atoms with Crippen molar-refractivity contribution < 1.29 is 17.7 Å². The number of halogens is 2. The molecule has 2 aromatic rings. The van der Waals surface area contributed by atoms with Crippen molar-refractivity contribution in [1.82, 2.24) is 4.31 Å². The monoisotopic (exact) mass is 358 g/mol. The van der Waals surface area contributed by atoms with Crippen molar-refractivity contribution in [2.24, 2.45) is 0 Å². The third kappa shape index (κ3) is 3.66. The topological polar surface area (TPSA) is 80.5 Å². The van der Waals surface area contributed by atoms with Gasteiger partial charge in [-0.15, -0.1) is 0 Å². The molecule has 0 bridgehead atoms. The van der Waals surface area contributed by atoms with Crippen molar-refractivity contribution in [3.63, 3.8) is 0 Å². The number of rotatable bonds is 5. The first-order valence-electron chi connectivity index (χ1n) is 6.37. The highest BCUT2D eigenvalue weighted by molar-refractivity contribution is 7.89. The number of nitro groups is 1. The number of sulfonamides is 1. The number of non-ortho nitro benzene ring substituents is 1. The van der Waals surface area contributed by atoms with E-state index in [2.05, 4.69) is 0 Å². The second-order valence-corrected chi connectivity index (χ2v) is 7.16. The molecule has 0 radical (unpaired) electrons. The Bertz CT molecular complexity index is 820. The molecule has 0 amide bonds. The summed E-state index contributed by atoms with van der Waals surface area (Å²) in [4.78, 5) is 9.85. The molecule has 0 fully saturated rings. The van der Waals surface area contributed by atoms with Crippen LogP contribution in [0.3, 0.4) is 0 Å². The van der Waals surface area contributed by atoms with Crippen LogP contribution in [0.15, 0.2) is 47.4 Å². The fourth-order valence-corrected chi connectivity index (χ4v) is 3.27. The molecular formula is C14H12ClFN2O4S. The predicted molar refractivity (Wildman–Crippen MR) is 83.2 cm³/mol. The highest BCUT2D eigenvalue weighted by Crippen LogP contribution is 2.24. The molecule has 9 heteroatoms. The summed E-state index contributed by atoms with van der Waals surface area (Å²) in [5.74, 6) is -0.608. The Hall–Kier alpha value is -2.03. The smallest absolute Gasteiger partial charge is 0.258 e. The first-order valence-corrected chi connectivity index (χ1v) is 8.19. The van der Waals surface area contributed by atoms with E-state index in [-0.39, 0.29) is 27.7 Å². The normalized spacial score (nSPS) is 11.7. The van der Waals surface area contributed by atoms with Crippen LogP contribution in [0, 0.1) is 15.9 Å². The molecule has 0 aliphatic rings. The lowest BCUT2D eigenvalue weighted by Gasteiger charge is -2.18. The van der Waals surface area contributed by atoms with Crippen molar-refractivity contribution in [3.8, 4) is 0 Å². The number of nitrogens with zero attached hydrogens (tertiary/aromatic N) is 2. The van der Waals surface area contributed by atoms with Crippen molar-refractivity contribution in [1.29, 1.82) is 0 Å². The van der Waals surface area contributed by atoms with Gasteiger partial charge in [-0.1, -0.05) is 17.7 Å². The molecule has 0 unspecified atom stereocenters. The maximum atomic E-state index is 13.8. The number of hydrogen-bond donors (Lipinski definition) is 0. The van der Waals surface area contributed by atoms with E-state index in [1.54, 1.807) is 0 Å². The van der Waals surface area contributed by atoms with Gasteiger partial charge < -0.3 is 0 Å². The van der Waals surface area contributed by atoms with E-state index in [1.807, 2.05) is 0 Å². The Morgan fingerprint density at radius 3 is 2.35 bits per heavy atom. The lowest BCUT2D eigenvalue weighted by Crippen LogP contribution is -2.27. The van der Waals surface area contributed by atoms with Crippen LogP contribution >= 0.6 is 11.6 Å². The first kappa shape index (κ1) is 17.3. The van der Waals surface area contributed by atoms with E-state index in [1.165, 1.54) is 25.2 Å². The van der Waals surface area contributed by atoms with Crippen molar-refractivity contribution in [2.75, 3.05) is 7.05 Å². The van der Waals surface area contributed by atoms with Gasteiger partial charge in [0.25, 0.3) is 5.69 Å². The Labute approximate surface area is 137 Å². The van der Waals surface area contributed by atoms with Gasteiger partial charge in [-0.25, -0.2) is 12.8 Å². The van der Waals surface area contributed by atoms with Crippen LogP contribution < -0.4 is 0 Å². The van der Waals surface area contributed by atoms with Gasteiger partial charge in [-0.05, 0) is 24.3 Å². The van der Waals surface area contributed by atoms with Gasteiger partial charge in [-0.2, -0.15) is 4.31 Å². The first-order chi connectivity index (χ1) is 10.7. The molecule has 0 aliphatic heterocycles. The number of nitro benzene ring substituents is 1. The Kier molecular flexibility index (Phi) is 4.98.